The van der Waals surface area contributed by atoms with Crippen molar-refractivity contribution in [2.24, 2.45) is 0 Å². The molecule has 0 spiro atoms. The van der Waals surface area contributed by atoms with E-state index in [1.54, 1.807) is 24.4 Å². The highest BCUT2D eigenvalue weighted by atomic mass is 79.9. The molecule has 2 heterocycles. The summed E-state index contributed by atoms with van der Waals surface area (Å²) < 4.78 is 28.5. The first kappa shape index (κ1) is 17.8. The number of likely N-dealkylation sites (tertiary alicyclic amines) is 1. The van der Waals surface area contributed by atoms with Crippen molar-refractivity contribution in [1.29, 1.82) is 0 Å². The van der Waals surface area contributed by atoms with Gasteiger partial charge in [-0.2, -0.15) is 0 Å². The van der Waals surface area contributed by atoms with Crippen LogP contribution in [0.2, 0.25) is 0 Å². The third-order valence-corrected chi connectivity index (χ3v) is 7.72. The fourth-order valence-electron chi connectivity index (χ4n) is 3.66. The summed E-state index contributed by atoms with van der Waals surface area (Å²) in [4.78, 5) is 2.74. The van der Waals surface area contributed by atoms with Crippen molar-refractivity contribution in [3.8, 4) is 0 Å². The van der Waals surface area contributed by atoms with E-state index in [2.05, 4.69) is 20.8 Å². The van der Waals surface area contributed by atoms with E-state index in [-0.39, 0.29) is 4.90 Å². The predicted molar refractivity (Wildman–Crippen MR) is 108 cm³/mol. The van der Waals surface area contributed by atoms with E-state index in [0.717, 1.165) is 42.5 Å². The molecule has 0 unspecified atom stereocenters. The number of para-hydroxylation sites is 1. The van der Waals surface area contributed by atoms with Gasteiger partial charge in [0.2, 0.25) is 0 Å². The molecule has 0 N–H and O–H groups in total. The van der Waals surface area contributed by atoms with Gasteiger partial charge in [0.1, 0.15) is 4.90 Å². The number of rotatable bonds is 5. The van der Waals surface area contributed by atoms with Crippen LogP contribution in [0.25, 0.3) is 10.9 Å². The number of benzene rings is 2. The molecule has 0 saturated carbocycles. The number of aromatic nitrogens is 1. The molecule has 3 aromatic rings. The van der Waals surface area contributed by atoms with Gasteiger partial charge in [-0.1, -0.05) is 30.3 Å². The lowest BCUT2D eigenvalue weighted by atomic mass is 10.1. The van der Waals surface area contributed by atoms with Crippen LogP contribution in [0.1, 0.15) is 18.4 Å². The predicted octanol–water partition coefficient (Wildman–Crippen LogP) is 4.28. The highest BCUT2D eigenvalue weighted by molar-refractivity contribution is 9.10. The van der Waals surface area contributed by atoms with Gasteiger partial charge in [-0.05, 0) is 72.0 Å². The van der Waals surface area contributed by atoms with Crippen LogP contribution >= 0.6 is 15.9 Å². The van der Waals surface area contributed by atoms with E-state index in [9.17, 15) is 8.42 Å². The zero-order valence-corrected chi connectivity index (χ0v) is 16.8. The summed E-state index contributed by atoms with van der Waals surface area (Å²) >= 11 is 3.38. The van der Waals surface area contributed by atoms with Crippen LogP contribution in [-0.2, 0) is 16.4 Å². The Labute approximate surface area is 162 Å². The van der Waals surface area contributed by atoms with Gasteiger partial charge < -0.3 is 4.90 Å². The molecule has 1 aromatic heterocycles. The molecule has 0 atom stereocenters. The SMILES string of the molecule is O=S(=O)(c1ccccc1Br)n1cc(CCN2CCCC2)c2ccccc21. The average Bonchev–Trinajstić information content (AvgIpc) is 3.28. The first-order valence-corrected chi connectivity index (χ1v) is 11.1. The van der Waals surface area contributed by atoms with Crippen molar-refractivity contribution < 1.29 is 8.42 Å². The maximum absolute atomic E-state index is 13.3. The molecule has 4 rings (SSSR count). The molecule has 0 amide bonds. The van der Waals surface area contributed by atoms with Crippen molar-refractivity contribution in [3.05, 3.63) is 64.8 Å². The minimum Gasteiger partial charge on any atom is -0.303 e. The van der Waals surface area contributed by atoms with E-state index in [0.29, 0.717) is 4.47 Å². The van der Waals surface area contributed by atoms with Crippen LogP contribution in [0.5, 0.6) is 0 Å². The molecule has 0 radical (unpaired) electrons. The molecule has 0 bridgehead atoms. The van der Waals surface area contributed by atoms with Gasteiger partial charge in [0.25, 0.3) is 10.0 Å². The van der Waals surface area contributed by atoms with Gasteiger partial charge in [-0.15, -0.1) is 0 Å². The second-order valence-electron chi connectivity index (χ2n) is 6.70. The van der Waals surface area contributed by atoms with Gasteiger partial charge in [-0.3, -0.25) is 0 Å². The standard InChI is InChI=1S/C20H21BrN2O2S/c21-18-8-2-4-10-20(18)26(24,25)23-15-16(11-14-22-12-5-6-13-22)17-7-1-3-9-19(17)23/h1-4,7-10,15H,5-6,11-14H2. The Kier molecular flexibility index (Phi) is 4.90. The van der Waals surface area contributed by atoms with Gasteiger partial charge in [0.05, 0.1) is 5.52 Å². The average molecular weight is 433 g/mol. The second-order valence-corrected chi connectivity index (χ2v) is 9.34. The number of nitrogens with zero attached hydrogens (tertiary/aromatic N) is 2. The Balaban J connectivity index is 1.77. The molecule has 6 heteroatoms. The fraction of sp³-hybridized carbons (Fsp3) is 0.300. The van der Waals surface area contributed by atoms with Gasteiger partial charge in [0, 0.05) is 22.6 Å². The Morgan fingerprint density at radius 3 is 2.42 bits per heavy atom. The van der Waals surface area contributed by atoms with E-state index in [1.165, 1.54) is 16.8 Å². The maximum atomic E-state index is 13.3. The molecule has 1 aliphatic rings. The summed E-state index contributed by atoms with van der Waals surface area (Å²) in [5, 5.41) is 1.02. The zero-order chi connectivity index (χ0) is 18.1. The molecular weight excluding hydrogens is 412 g/mol. The summed E-state index contributed by atoms with van der Waals surface area (Å²) in [5.74, 6) is 0. The van der Waals surface area contributed by atoms with E-state index < -0.39 is 10.0 Å². The van der Waals surface area contributed by atoms with Gasteiger partial charge >= 0.3 is 0 Å². The van der Waals surface area contributed by atoms with Crippen molar-refractivity contribution in [3.63, 3.8) is 0 Å². The summed E-state index contributed by atoms with van der Waals surface area (Å²) in [5.41, 5.74) is 1.82. The van der Waals surface area contributed by atoms with Crippen LogP contribution in [0.4, 0.5) is 0 Å². The van der Waals surface area contributed by atoms with Crippen LogP contribution < -0.4 is 0 Å². The van der Waals surface area contributed by atoms with Crippen molar-refractivity contribution >= 4 is 36.9 Å². The molecule has 136 valence electrons. The van der Waals surface area contributed by atoms with Crippen molar-refractivity contribution in [2.45, 2.75) is 24.2 Å². The third kappa shape index (κ3) is 3.21. The number of hydrogen-bond donors (Lipinski definition) is 0. The summed E-state index contributed by atoms with van der Waals surface area (Å²) in [6.07, 6.45) is 5.19. The highest BCUT2D eigenvalue weighted by Crippen LogP contribution is 2.29. The monoisotopic (exact) mass is 432 g/mol. The molecule has 26 heavy (non-hydrogen) atoms. The molecule has 4 nitrogen and oxygen atoms in total. The minimum atomic E-state index is -3.66. The first-order chi connectivity index (χ1) is 12.6. The number of hydrogen-bond acceptors (Lipinski definition) is 3. The van der Waals surface area contributed by atoms with Crippen molar-refractivity contribution in [2.75, 3.05) is 19.6 Å². The Hall–Kier alpha value is -1.63. The lowest BCUT2D eigenvalue weighted by Gasteiger charge is -2.13. The Morgan fingerprint density at radius 2 is 1.65 bits per heavy atom. The minimum absolute atomic E-state index is 0.284. The van der Waals surface area contributed by atoms with E-state index in [4.69, 9.17) is 0 Å². The lowest BCUT2D eigenvalue weighted by Crippen LogP contribution is -2.21. The zero-order valence-electron chi connectivity index (χ0n) is 14.4. The third-order valence-electron chi connectivity index (χ3n) is 5.03. The van der Waals surface area contributed by atoms with Crippen LogP contribution in [0.15, 0.2) is 64.1 Å². The Morgan fingerprint density at radius 1 is 0.962 bits per heavy atom. The molecular formula is C20H21BrN2O2S. The van der Waals surface area contributed by atoms with Crippen LogP contribution in [0.3, 0.4) is 0 Å². The smallest absolute Gasteiger partial charge is 0.269 e. The second kappa shape index (κ2) is 7.18. The molecule has 1 fully saturated rings. The van der Waals surface area contributed by atoms with E-state index >= 15 is 0 Å². The Bertz CT molecular complexity index is 1040. The largest absolute Gasteiger partial charge is 0.303 e. The first-order valence-electron chi connectivity index (χ1n) is 8.89. The normalized spacial score (nSPS) is 15.7. The van der Waals surface area contributed by atoms with Crippen LogP contribution in [-0.4, -0.2) is 36.9 Å². The highest BCUT2D eigenvalue weighted by Gasteiger charge is 2.23. The van der Waals surface area contributed by atoms with Crippen molar-refractivity contribution in [1.82, 2.24) is 8.87 Å². The summed E-state index contributed by atoms with van der Waals surface area (Å²) in [6.45, 7) is 3.27. The lowest BCUT2D eigenvalue weighted by molar-refractivity contribution is 0.344. The number of fused-ring (bicyclic) bond motifs is 1. The fourth-order valence-corrected chi connectivity index (χ4v) is 6.02. The molecule has 1 saturated heterocycles. The molecule has 0 aliphatic carbocycles. The topological polar surface area (TPSA) is 42.3 Å². The van der Waals surface area contributed by atoms with E-state index in [1.807, 2.05) is 30.3 Å². The quantitative estimate of drug-likeness (QED) is 0.603. The molecule has 1 aliphatic heterocycles. The maximum Gasteiger partial charge on any atom is 0.269 e. The summed E-state index contributed by atoms with van der Waals surface area (Å²) in [7, 11) is -3.66. The van der Waals surface area contributed by atoms with Crippen LogP contribution in [0, 0.1) is 0 Å². The summed E-state index contributed by atoms with van der Waals surface area (Å²) in [6, 6.07) is 14.7. The van der Waals surface area contributed by atoms with Gasteiger partial charge in [0.15, 0.2) is 0 Å². The molecule has 2 aromatic carbocycles. The van der Waals surface area contributed by atoms with Gasteiger partial charge in [-0.25, -0.2) is 12.4 Å². The number of halogens is 1.